The van der Waals surface area contributed by atoms with Crippen molar-refractivity contribution < 1.29 is 0 Å². The van der Waals surface area contributed by atoms with Gasteiger partial charge in [0, 0.05) is 6.04 Å². The van der Waals surface area contributed by atoms with Crippen LogP contribution < -0.4 is 5.32 Å². The molecule has 0 radical (unpaired) electrons. The van der Waals surface area contributed by atoms with Crippen LogP contribution in [0, 0.1) is 23.2 Å². The smallest absolute Gasteiger partial charge is 0.0926 e. The molecule has 74 valence electrons. The van der Waals surface area contributed by atoms with Crippen LogP contribution in [0.1, 0.15) is 40.0 Å². The third-order valence-electron chi connectivity index (χ3n) is 3.41. The van der Waals surface area contributed by atoms with E-state index < -0.39 is 0 Å². The normalized spacial score (nSPS) is 35.7. The second-order valence-corrected chi connectivity index (χ2v) is 4.23. The van der Waals surface area contributed by atoms with Crippen molar-refractivity contribution >= 4 is 0 Å². The van der Waals surface area contributed by atoms with Gasteiger partial charge in [-0.3, -0.25) is 5.32 Å². The number of hydrogen-bond donors (Lipinski definition) is 1. The molecule has 0 aromatic rings. The Kier molecular flexibility index (Phi) is 3.74. The third-order valence-corrected chi connectivity index (χ3v) is 3.41. The van der Waals surface area contributed by atoms with Crippen molar-refractivity contribution in [1.29, 1.82) is 5.26 Å². The molecular formula is C11H20N2. The predicted octanol–water partition coefficient (Wildman–Crippen LogP) is 2.31. The molecule has 1 fully saturated rings. The maximum Gasteiger partial charge on any atom is 0.0926 e. The fourth-order valence-corrected chi connectivity index (χ4v) is 2.42. The van der Waals surface area contributed by atoms with Crippen LogP contribution >= 0.6 is 0 Å². The maximum atomic E-state index is 8.69. The van der Waals surface area contributed by atoms with Crippen LogP contribution in [0.5, 0.6) is 0 Å². The predicted molar refractivity (Wildman–Crippen MR) is 54.2 cm³/mol. The first-order valence-corrected chi connectivity index (χ1v) is 5.34. The Morgan fingerprint density at radius 2 is 2.23 bits per heavy atom. The summed E-state index contributed by atoms with van der Waals surface area (Å²) in [5.74, 6) is 1.60. The first-order valence-electron chi connectivity index (χ1n) is 5.34. The van der Waals surface area contributed by atoms with Gasteiger partial charge in [-0.05, 0) is 31.6 Å². The Morgan fingerprint density at radius 1 is 1.54 bits per heavy atom. The van der Waals surface area contributed by atoms with Crippen LogP contribution in [0.4, 0.5) is 0 Å². The van der Waals surface area contributed by atoms with Crippen LogP contribution in [0.25, 0.3) is 0 Å². The van der Waals surface area contributed by atoms with Crippen molar-refractivity contribution in [2.75, 3.05) is 0 Å². The van der Waals surface area contributed by atoms with E-state index in [-0.39, 0.29) is 6.04 Å². The molecule has 1 N–H and O–H groups in total. The fraction of sp³-hybridized carbons (Fsp3) is 0.909. The van der Waals surface area contributed by atoms with Gasteiger partial charge in [-0.1, -0.05) is 20.3 Å². The topological polar surface area (TPSA) is 35.8 Å². The van der Waals surface area contributed by atoms with Crippen molar-refractivity contribution in [3.8, 4) is 6.07 Å². The minimum Gasteiger partial charge on any atom is -0.299 e. The van der Waals surface area contributed by atoms with E-state index in [0.717, 1.165) is 11.8 Å². The molecule has 0 saturated heterocycles. The minimum atomic E-state index is 0.00283. The second-order valence-electron chi connectivity index (χ2n) is 4.23. The highest BCUT2D eigenvalue weighted by molar-refractivity contribution is 4.93. The first kappa shape index (κ1) is 10.5. The lowest BCUT2D eigenvalue weighted by Crippen LogP contribution is -2.38. The largest absolute Gasteiger partial charge is 0.299 e. The molecule has 0 bridgehead atoms. The number of nitriles is 1. The number of hydrogen-bond acceptors (Lipinski definition) is 2. The van der Waals surface area contributed by atoms with Gasteiger partial charge in [-0.15, -0.1) is 0 Å². The third kappa shape index (κ3) is 2.45. The Morgan fingerprint density at radius 3 is 2.69 bits per heavy atom. The molecule has 1 aliphatic rings. The highest BCUT2D eigenvalue weighted by Crippen LogP contribution is 2.33. The van der Waals surface area contributed by atoms with E-state index in [0.29, 0.717) is 6.04 Å². The molecule has 0 spiro atoms. The quantitative estimate of drug-likeness (QED) is 0.723. The van der Waals surface area contributed by atoms with E-state index in [1.807, 2.05) is 6.92 Å². The molecule has 1 rings (SSSR count). The van der Waals surface area contributed by atoms with Crippen LogP contribution in [0.2, 0.25) is 0 Å². The van der Waals surface area contributed by atoms with Gasteiger partial charge in [0.15, 0.2) is 0 Å². The standard InChI is InChI=1S/C11H20N2/c1-4-10-5-6-11(9(10)3)13-8(2)7-12/h8-11,13H,4-6H2,1-3H3. The summed E-state index contributed by atoms with van der Waals surface area (Å²) in [5, 5.41) is 12.1. The zero-order valence-corrected chi connectivity index (χ0v) is 8.88. The number of rotatable bonds is 3. The summed E-state index contributed by atoms with van der Waals surface area (Å²) in [7, 11) is 0. The van der Waals surface area contributed by atoms with Gasteiger partial charge in [0.2, 0.25) is 0 Å². The van der Waals surface area contributed by atoms with E-state index in [1.165, 1.54) is 19.3 Å². The average molecular weight is 180 g/mol. The lowest BCUT2D eigenvalue weighted by Gasteiger charge is -2.21. The second kappa shape index (κ2) is 4.62. The van der Waals surface area contributed by atoms with Crippen LogP contribution in [0.3, 0.4) is 0 Å². The lowest BCUT2D eigenvalue weighted by molar-refractivity contribution is 0.339. The molecule has 1 aliphatic carbocycles. The van der Waals surface area contributed by atoms with E-state index >= 15 is 0 Å². The summed E-state index contributed by atoms with van der Waals surface area (Å²) < 4.78 is 0. The Labute approximate surface area is 81.3 Å². The molecule has 1 saturated carbocycles. The number of nitrogens with one attached hydrogen (secondary N) is 1. The molecule has 0 aromatic carbocycles. The molecule has 2 nitrogen and oxygen atoms in total. The van der Waals surface area contributed by atoms with Gasteiger partial charge in [-0.2, -0.15) is 5.26 Å². The maximum absolute atomic E-state index is 8.69. The van der Waals surface area contributed by atoms with Crippen molar-refractivity contribution in [3.63, 3.8) is 0 Å². The number of nitrogens with zero attached hydrogens (tertiary/aromatic N) is 1. The summed E-state index contributed by atoms with van der Waals surface area (Å²) >= 11 is 0. The van der Waals surface area contributed by atoms with Gasteiger partial charge in [0.25, 0.3) is 0 Å². The highest BCUT2D eigenvalue weighted by atomic mass is 15.0. The van der Waals surface area contributed by atoms with E-state index in [4.69, 9.17) is 5.26 Å². The molecule has 13 heavy (non-hydrogen) atoms. The summed E-state index contributed by atoms with van der Waals surface area (Å²) in [5.41, 5.74) is 0. The molecular weight excluding hydrogens is 160 g/mol. The molecule has 0 amide bonds. The first-order chi connectivity index (χ1) is 6.19. The summed E-state index contributed by atoms with van der Waals surface area (Å²) in [6.07, 6.45) is 3.85. The zero-order chi connectivity index (χ0) is 9.84. The summed E-state index contributed by atoms with van der Waals surface area (Å²) in [4.78, 5) is 0. The minimum absolute atomic E-state index is 0.00283. The van der Waals surface area contributed by atoms with Crippen molar-refractivity contribution in [3.05, 3.63) is 0 Å². The van der Waals surface area contributed by atoms with Gasteiger partial charge >= 0.3 is 0 Å². The zero-order valence-electron chi connectivity index (χ0n) is 8.88. The van der Waals surface area contributed by atoms with Crippen molar-refractivity contribution in [1.82, 2.24) is 5.32 Å². The Bertz CT molecular complexity index is 195. The summed E-state index contributed by atoms with van der Waals surface area (Å²) in [6, 6.07) is 2.81. The van der Waals surface area contributed by atoms with Crippen molar-refractivity contribution in [2.45, 2.75) is 52.1 Å². The average Bonchev–Trinajstić information content (AvgIpc) is 2.48. The van der Waals surface area contributed by atoms with Gasteiger partial charge in [0.1, 0.15) is 0 Å². The molecule has 0 heterocycles. The fourth-order valence-electron chi connectivity index (χ4n) is 2.42. The lowest BCUT2D eigenvalue weighted by atomic mass is 9.93. The van der Waals surface area contributed by atoms with Gasteiger partial charge in [0.05, 0.1) is 12.1 Å². The summed E-state index contributed by atoms with van der Waals surface area (Å²) in [6.45, 7) is 6.51. The molecule has 2 heteroatoms. The van der Waals surface area contributed by atoms with Gasteiger partial charge in [-0.25, -0.2) is 0 Å². The Balaban J connectivity index is 2.42. The molecule has 4 atom stereocenters. The van der Waals surface area contributed by atoms with E-state index in [2.05, 4.69) is 25.2 Å². The monoisotopic (exact) mass is 180 g/mol. The van der Waals surface area contributed by atoms with E-state index in [1.54, 1.807) is 0 Å². The van der Waals surface area contributed by atoms with Crippen LogP contribution in [-0.4, -0.2) is 12.1 Å². The van der Waals surface area contributed by atoms with Crippen LogP contribution in [-0.2, 0) is 0 Å². The highest BCUT2D eigenvalue weighted by Gasteiger charge is 2.31. The SMILES string of the molecule is CCC1CCC(NC(C)C#N)C1C. The van der Waals surface area contributed by atoms with Crippen LogP contribution in [0.15, 0.2) is 0 Å². The molecule has 4 unspecified atom stereocenters. The molecule has 0 aromatic heterocycles. The molecule has 0 aliphatic heterocycles. The Hall–Kier alpha value is -0.550. The van der Waals surface area contributed by atoms with Gasteiger partial charge < -0.3 is 0 Å². The van der Waals surface area contributed by atoms with E-state index in [9.17, 15) is 0 Å². The van der Waals surface area contributed by atoms with Crippen molar-refractivity contribution in [2.24, 2.45) is 11.8 Å².